The minimum atomic E-state index is 0.267. The zero-order valence-corrected chi connectivity index (χ0v) is 30.0. The predicted octanol–water partition coefficient (Wildman–Crippen LogP) is 12.9. The topological polar surface area (TPSA) is 38.1 Å². The molecule has 0 saturated carbocycles. The van der Waals surface area contributed by atoms with Crippen LogP contribution >= 0.6 is 0 Å². The summed E-state index contributed by atoms with van der Waals surface area (Å²) in [6.45, 7) is 2.29. The molecule has 2 heterocycles. The van der Waals surface area contributed by atoms with Crippen molar-refractivity contribution in [3.8, 4) is 33.8 Å². The number of allylic oxidation sites excluding steroid dienone is 5. The van der Waals surface area contributed by atoms with E-state index in [-0.39, 0.29) is 5.92 Å². The van der Waals surface area contributed by atoms with Gasteiger partial charge in [0.2, 0.25) is 0 Å². The molecule has 2 aliphatic rings. The molecule has 0 radical (unpaired) electrons. The van der Waals surface area contributed by atoms with Gasteiger partial charge >= 0.3 is 0 Å². The van der Waals surface area contributed by atoms with E-state index >= 15 is 0 Å². The highest BCUT2D eigenvalue weighted by Crippen LogP contribution is 2.42. The van der Waals surface area contributed by atoms with E-state index in [0.29, 0.717) is 5.92 Å². The molecule has 0 spiro atoms. The fourth-order valence-corrected chi connectivity index (χ4v) is 8.34. The van der Waals surface area contributed by atoms with E-state index in [1.807, 2.05) is 6.07 Å². The standard InChI is InChI=1S/C51H37N3/c1-2-43-44-21-7-8-22-45(44)49(53-48(43)41-27-25-33-13-3-5-15-35(33)29-41)39-19-11-17-37(30-39)38-18-12-20-40(31-38)50-46-23-9-10-24-47(46)52-51(54-50)42-28-26-34-14-4-6-16-36(34)32-42/h3-32,43-44H,2H2,1H3. The lowest BCUT2D eigenvalue weighted by molar-refractivity contribution is 0.549. The number of aliphatic imine (C=N–C) groups is 1. The first-order chi connectivity index (χ1) is 26.7. The highest BCUT2D eigenvalue weighted by molar-refractivity contribution is 6.09. The van der Waals surface area contributed by atoms with Gasteiger partial charge in [0.25, 0.3) is 0 Å². The molecule has 1 aromatic heterocycles. The Hall–Kier alpha value is -6.71. The molecular formula is C51H37N3. The number of nitrogens with zero attached hydrogens (tertiary/aromatic N) is 3. The fraction of sp³-hybridized carbons (Fsp3) is 0.0784. The minimum Gasteiger partial charge on any atom is -0.252 e. The average molecular weight is 692 g/mol. The van der Waals surface area contributed by atoms with Crippen LogP contribution in [0.5, 0.6) is 0 Å². The van der Waals surface area contributed by atoms with Crippen LogP contribution in [0.15, 0.2) is 193 Å². The van der Waals surface area contributed by atoms with Gasteiger partial charge in [-0.25, -0.2) is 9.97 Å². The summed E-state index contributed by atoms with van der Waals surface area (Å²) in [5.74, 6) is 1.29. The van der Waals surface area contributed by atoms with Crippen molar-refractivity contribution in [3.05, 3.63) is 199 Å². The molecule has 3 nitrogen and oxygen atoms in total. The van der Waals surface area contributed by atoms with E-state index in [9.17, 15) is 0 Å². The maximum atomic E-state index is 5.55. The Bertz CT molecular complexity index is 2890. The maximum Gasteiger partial charge on any atom is 0.160 e. The average Bonchev–Trinajstić information content (AvgIpc) is 3.25. The van der Waals surface area contributed by atoms with Gasteiger partial charge in [0, 0.05) is 33.9 Å². The second kappa shape index (κ2) is 13.4. The van der Waals surface area contributed by atoms with Crippen LogP contribution in [-0.4, -0.2) is 15.7 Å². The molecule has 7 aromatic carbocycles. The van der Waals surface area contributed by atoms with E-state index in [4.69, 9.17) is 15.0 Å². The van der Waals surface area contributed by atoms with Crippen molar-refractivity contribution in [2.75, 3.05) is 0 Å². The molecule has 0 fully saturated rings. The Kier molecular flexibility index (Phi) is 7.91. The van der Waals surface area contributed by atoms with Crippen molar-refractivity contribution in [1.82, 2.24) is 9.97 Å². The molecular weight excluding hydrogens is 655 g/mol. The normalized spacial score (nSPS) is 16.6. The van der Waals surface area contributed by atoms with E-state index in [2.05, 4.69) is 183 Å². The SMILES string of the molecule is CCC1C(c2ccc3ccccc3c2)=NC(c2cccc(-c3cccc(-c4nc(-c5ccc6ccccc6c5)nc5ccccc45)c3)c2)=C2C=CC=CC21. The summed E-state index contributed by atoms with van der Waals surface area (Å²) >= 11 is 0. The summed E-state index contributed by atoms with van der Waals surface area (Å²) in [6.07, 6.45) is 10.00. The second-order valence-corrected chi connectivity index (χ2v) is 14.3. The summed E-state index contributed by atoms with van der Waals surface area (Å²) < 4.78 is 0. The molecule has 256 valence electrons. The van der Waals surface area contributed by atoms with Crippen molar-refractivity contribution < 1.29 is 0 Å². The fourth-order valence-electron chi connectivity index (χ4n) is 8.34. The maximum absolute atomic E-state index is 5.55. The molecule has 10 rings (SSSR count). The lowest BCUT2D eigenvalue weighted by Gasteiger charge is -2.33. The zero-order valence-electron chi connectivity index (χ0n) is 30.0. The van der Waals surface area contributed by atoms with Crippen LogP contribution < -0.4 is 0 Å². The molecule has 8 aromatic rings. The quantitative estimate of drug-likeness (QED) is 0.174. The van der Waals surface area contributed by atoms with Crippen molar-refractivity contribution >= 4 is 43.9 Å². The number of benzene rings is 7. The van der Waals surface area contributed by atoms with Gasteiger partial charge in [-0.05, 0) is 80.6 Å². The monoisotopic (exact) mass is 691 g/mol. The molecule has 3 heteroatoms. The Morgan fingerprint density at radius 2 is 1.13 bits per heavy atom. The van der Waals surface area contributed by atoms with Crippen LogP contribution in [0.4, 0.5) is 0 Å². The molecule has 1 aliphatic heterocycles. The van der Waals surface area contributed by atoms with Gasteiger partial charge in [0.05, 0.1) is 22.6 Å². The third-order valence-electron chi connectivity index (χ3n) is 11.1. The largest absolute Gasteiger partial charge is 0.252 e. The van der Waals surface area contributed by atoms with Crippen LogP contribution in [0.1, 0.15) is 24.5 Å². The number of hydrogen-bond acceptors (Lipinski definition) is 3. The summed E-state index contributed by atoms with van der Waals surface area (Å²) in [5, 5.41) is 5.90. The Labute approximate surface area is 315 Å². The van der Waals surface area contributed by atoms with Crippen LogP contribution in [0, 0.1) is 11.8 Å². The molecule has 2 atom stereocenters. The number of rotatable bonds is 6. The number of aromatic nitrogens is 2. The molecule has 54 heavy (non-hydrogen) atoms. The van der Waals surface area contributed by atoms with Crippen LogP contribution in [0.25, 0.3) is 71.9 Å². The number of hydrogen-bond donors (Lipinski definition) is 0. The van der Waals surface area contributed by atoms with Gasteiger partial charge in [-0.3, -0.25) is 4.99 Å². The van der Waals surface area contributed by atoms with Crippen molar-refractivity contribution in [2.45, 2.75) is 13.3 Å². The minimum absolute atomic E-state index is 0.267. The van der Waals surface area contributed by atoms with Crippen LogP contribution in [0.2, 0.25) is 0 Å². The lowest BCUT2D eigenvalue weighted by Crippen LogP contribution is -2.29. The van der Waals surface area contributed by atoms with Crippen molar-refractivity contribution in [1.29, 1.82) is 0 Å². The van der Waals surface area contributed by atoms with Gasteiger partial charge < -0.3 is 0 Å². The van der Waals surface area contributed by atoms with E-state index in [1.165, 1.54) is 32.7 Å². The Morgan fingerprint density at radius 1 is 0.500 bits per heavy atom. The third kappa shape index (κ3) is 5.66. The van der Waals surface area contributed by atoms with Gasteiger partial charge in [-0.1, -0.05) is 159 Å². The summed E-state index contributed by atoms with van der Waals surface area (Å²) in [6, 6.07) is 56.2. The first-order valence-corrected chi connectivity index (χ1v) is 18.8. The molecule has 0 amide bonds. The van der Waals surface area contributed by atoms with E-state index in [0.717, 1.165) is 68.1 Å². The van der Waals surface area contributed by atoms with E-state index < -0.39 is 0 Å². The van der Waals surface area contributed by atoms with Gasteiger partial charge in [0.1, 0.15) is 0 Å². The number of para-hydroxylation sites is 1. The highest BCUT2D eigenvalue weighted by Gasteiger charge is 2.33. The van der Waals surface area contributed by atoms with Crippen LogP contribution in [0.3, 0.4) is 0 Å². The van der Waals surface area contributed by atoms with Gasteiger partial charge in [0.15, 0.2) is 5.82 Å². The predicted molar refractivity (Wildman–Crippen MR) is 226 cm³/mol. The first-order valence-electron chi connectivity index (χ1n) is 18.8. The molecule has 0 bridgehead atoms. The van der Waals surface area contributed by atoms with Crippen molar-refractivity contribution in [2.24, 2.45) is 16.8 Å². The van der Waals surface area contributed by atoms with Crippen molar-refractivity contribution in [3.63, 3.8) is 0 Å². The first kappa shape index (κ1) is 32.0. The highest BCUT2D eigenvalue weighted by atomic mass is 14.9. The number of fused-ring (bicyclic) bond motifs is 4. The summed E-state index contributed by atoms with van der Waals surface area (Å²) in [7, 11) is 0. The molecule has 2 unspecified atom stereocenters. The molecule has 0 N–H and O–H groups in total. The Balaban J connectivity index is 1.07. The molecule has 1 aliphatic carbocycles. The summed E-state index contributed by atoms with van der Waals surface area (Å²) in [5.41, 5.74) is 12.0. The zero-order chi connectivity index (χ0) is 36.0. The Morgan fingerprint density at radius 3 is 1.89 bits per heavy atom. The smallest absolute Gasteiger partial charge is 0.160 e. The summed E-state index contributed by atoms with van der Waals surface area (Å²) in [4.78, 5) is 15.8. The van der Waals surface area contributed by atoms with Gasteiger partial charge in [-0.15, -0.1) is 0 Å². The van der Waals surface area contributed by atoms with E-state index in [1.54, 1.807) is 0 Å². The van der Waals surface area contributed by atoms with Gasteiger partial charge in [-0.2, -0.15) is 0 Å². The van der Waals surface area contributed by atoms with Crippen LogP contribution in [-0.2, 0) is 0 Å². The lowest BCUT2D eigenvalue weighted by atomic mass is 9.74. The second-order valence-electron chi connectivity index (χ2n) is 14.3. The third-order valence-corrected chi connectivity index (χ3v) is 11.1. The molecule has 0 saturated heterocycles.